The molecular formula is C10H10FN4O7P. The fraction of sp³-hybridized carbons (Fsp3) is 0.500. The number of aromatic amines is 1. The summed E-state index contributed by atoms with van der Waals surface area (Å²) in [5, 5.41) is 10.3. The first kappa shape index (κ1) is 14.9. The van der Waals surface area contributed by atoms with Gasteiger partial charge in [0, 0.05) is 0 Å². The van der Waals surface area contributed by atoms with Gasteiger partial charge in [-0.1, -0.05) is 0 Å². The van der Waals surface area contributed by atoms with Gasteiger partial charge in [-0.3, -0.25) is 23.4 Å². The quantitative estimate of drug-likeness (QED) is 0.437. The number of fused-ring (bicyclic) bond motifs is 2. The molecule has 0 saturated carbocycles. The van der Waals surface area contributed by atoms with Crippen LogP contribution in [0.15, 0.2) is 11.1 Å². The molecule has 23 heavy (non-hydrogen) atoms. The van der Waals surface area contributed by atoms with Crippen molar-refractivity contribution in [3.05, 3.63) is 22.8 Å². The van der Waals surface area contributed by atoms with E-state index in [2.05, 4.69) is 14.5 Å². The summed E-state index contributed by atoms with van der Waals surface area (Å²) in [4.78, 5) is 30.1. The van der Waals surface area contributed by atoms with E-state index < -0.39 is 44.0 Å². The molecule has 0 amide bonds. The summed E-state index contributed by atoms with van der Waals surface area (Å²) < 4.78 is 40.9. The van der Waals surface area contributed by atoms with Crippen molar-refractivity contribution in [3.63, 3.8) is 0 Å². The predicted molar refractivity (Wildman–Crippen MR) is 68.7 cm³/mol. The van der Waals surface area contributed by atoms with Gasteiger partial charge in [-0.15, -0.1) is 0 Å². The van der Waals surface area contributed by atoms with Crippen molar-refractivity contribution in [1.82, 2.24) is 19.5 Å². The van der Waals surface area contributed by atoms with Crippen LogP contribution in [-0.2, 0) is 18.3 Å². The van der Waals surface area contributed by atoms with Crippen LogP contribution in [0.4, 0.5) is 4.39 Å². The van der Waals surface area contributed by atoms with E-state index in [4.69, 9.17) is 9.26 Å². The largest absolute Gasteiger partial charge is 0.472 e. The van der Waals surface area contributed by atoms with E-state index >= 15 is 0 Å². The number of hydrogen-bond acceptors (Lipinski definition) is 8. The average molecular weight is 348 g/mol. The van der Waals surface area contributed by atoms with Crippen LogP contribution >= 0.6 is 7.82 Å². The molecule has 4 heterocycles. The summed E-state index contributed by atoms with van der Waals surface area (Å²) in [5.41, 5.74) is -1.06. The van der Waals surface area contributed by atoms with Crippen LogP contribution in [0.2, 0.25) is 0 Å². The molecule has 2 fully saturated rings. The van der Waals surface area contributed by atoms with E-state index in [9.17, 15) is 23.7 Å². The lowest BCUT2D eigenvalue weighted by atomic mass is 10.1. The Morgan fingerprint density at radius 3 is 3.09 bits per heavy atom. The van der Waals surface area contributed by atoms with Crippen LogP contribution in [0.5, 0.6) is 0 Å². The second kappa shape index (κ2) is 4.90. The Kier molecular flexibility index (Phi) is 3.17. The second-order valence-electron chi connectivity index (χ2n) is 5.07. The summed E-state index contributed by atoms with van der Waals surface area (Å²) in [7, 11) is -4.26. The normalized spacial score (nSPS) is 37.2. The van der Waals surface area contributed by atoms with Gasteiger partial charge in [0.2, 0.25) is 0 Å². The van der Waals surface area contributed by atoms with Crippen LogP contribution < -0.4 is 5.56 Å². The van der Waals surface area contributed by atoms with Crippen molar-refractivity contribution < 1.29 is 32.7 Å². The molecular weight excluding hydrogens is 338 g/mol. The standard InChI is InChI=1S/C10H10FN4O7P/c11-10-13-7-4(8(17)14-10)12-2-15(7)9-5(16)6-3(21-9)1-20-23(18,19)22-6/h2-3,5-6,9,16H,1H2,(H,18,19)(H,13,14,17)/t3-,5-,6-,9-/m1/s1. The van der Waals surface area contributed by atoms with Crippen molar-refractivity contribution in [3.8, 4) is 0 Å². The number of nitrogens with one attached hydrogen (secondary N) is 1. The van der Waals surface area contributed by atoms with Crippen molar-refractivity contribution in [2.75, 3.05) is 6.61 Å². The van der Waals surface area contributed by atoms with Gasteiger partial charge in [-0.2, -0.15) is 9.37 Å². The molecule has 2 saturated heterocycles. The monoisotopic (exact) mass is 348 g/mol. The Hall–Kier alpha value is -1.69. The Balaban J connectivity index is 1.75. The maximum absolute atomic E-state index is 13.3. The highest BCUT2D eigenvalue weighted by atomic mass is 31.2. The fourth-order valence-corrected chi connectivity index (χ4v) is 3.62. The molecule has 0 aliphatic carbocycles. The third kappa shape index (κ3) is 2.31. The Labute approximate surface area is 126 Å². The summed E-state index contributed by atoms with van der Waals surface area (Å²) in [6.45, 7) is -0.263. The number of phosphoric ester groups is 1. The van der Waals surface area contributed by atoms with Gasteiger partial charge in [0.15, 0.2) is 17.4 Å². The van der Waals surface area contributed by atoms with E-state index in [1.54, 1.807) is 0 Å². The van der Waals surface area contributed by atoms with Gasteiger partial charge in [-0.25, -0.2) is 9.55 Å². The van der Waals surface area contributed by atoms with Crippen LogP contribution in [0.1, 0.15) is 6.23 Å². The second-order valence-corrected chi connectivity index (χ2v) is 6.48. The van der Waals surface area contributed by atoms with Crippen molar-refractivity contribution >= 4 is 19.0 Å². The highest BCUT2D eigenvalue weighted by Gasteiger charge is 2.52. The van der Waals surface area contributed by atoms with Gasteiger partial charge in [0.1, 0.15) is 18.3 Å². The van der Waals surface area contributed by atoms with Gasteiger partial charge in [-0.05, 0) is 0 Å². The molecule has 0 aromatic carbocycles. The number of aliphatic hydroxyl groups excluding tert-OH is 1. The summed E-state index contributed by atoms with van der Waals surface area (Å²) >= 11 is 0. The molecule has 2 aliphatic rings. The molecule has 5 atom stereocenters. The number of H-pyrrole nitrogens is 1. The summed E-state index contributed by atoms with van der Waals surface area (Å²) in [6, 6.07) is 0. The van der Waals surface area contributed by atoms with E-state index in [0.29, 0.717) is 0 Å². The average Bonchev–Trinajstić information content (AvgIpc) is 3.00. The molecule has 124 valence electrons. The summed E-state index contributed by atoms with van der Waals surface area (Å²) in [5.74, 6) is 0. The third-order valence-corrected chi connectivity index (χ3v) is 4.63. The maximum Gasteiger partial charge on any atom is 0.472 e. The number of hydrogen-bond donors (Lipinski definition) is 3. The first-order chi connectivity index (χ1) is 10.9. The van der Waals surface area contributed by atoms with Crippen LogP contribution in [0.3, 0.4) is 0 Å². The van der Waals surface area contributed by atoms with Crippen LogP contribution in [0, 0.1) is 6.08 Å². The zero-order valence-electron chi connectivity index (χ0n) is 11.2. The van der Waals surface area contributed by atoms with Crippen molar-refractivity contribution in [1.29, 1.82) is 0 Å². The zero-order chi connectivity index (χ0) is 16.4. The molecule has 0 spiro atoms. The number of halogens is 1. The van der Waals surface area contributed by atoms with Gasteiger partial charge < -0.3 is 14.7 Å². The number of phosphoric acid groups is 1. The highest BCUT2D eigenvalue weighted by Crippen LogP contribution is 2.52. The lowest BCUT2D eigenvalue weighted by molar-refractivity contribution is -0.0664. The number of aliphatic hydroxyl groups is 1. The number of nitrogens with zero attached hydrogens (tertiary/aromatic N) is 3. The lowest BCUT2D eigenvalue weighted by Crippen LogP contribution is -2.39. The maximum atomic E-state index is 13.3. The molecule has 13 heteroatoms. The van der Waals surface area contributed by atoms with Crippen LogP contribution in [-0.4, -0.2) is 54.4 Å². The van der Waals surface area contributed by atoms with Crippen molar-refractivity contribution in [2.45, 2.75) is 24.5 Å². The van der Waals surface area contributed by atoms with Gasteiger partial charge in [0.25, 0.3) is 11.6 Å². The molecule has 3 N–H and O–H groups in total. The molecule has 4 rings (SSSR count). The van der Waals surface area contributed by atoms with Gasteiger partial charge >= 0.3 is 7.82 Å². The van der Waals surface area contributed by atoms with E-state index in [0.717, 1.165) is 10.9 Å². The summed E-state index contributed by atoms with van der Waals surface area (Å²) in [6.07, 6.45) is -4.40. The van der Waals surface area contributed by atoms with Gasteiger partial charge in [0.05, 0.1) is 12.9 Å². The van der Waals surface area contributed by atoms with E-state index in [1.807, 2.05) is 4.98 Å². The minimum Gasteiger partial charge on any atom is -0.386 e. The fourth-order valence-electron chi connectivity index (χ4n) is 2.65. The zero-order valence-corrected chi connectivity index (χ0v) is 12.1. The predicted octanol–water partition coefficient (Wildman–Crippen LogP) is -0.967. The molecule has 0 radical (unpaired) electrons. The number of ether oxygens (including phenoxy) is 1. The molecule has 2 aromatic rings. The minimum absolute atomic E-state index is 0.137. The number of aromatic nitrogens is 4. The smallest absolute Gasteiger partial charge is 0.386 e. The molecule has 2 aromatic heterocycles. The van der Waals surface area contributed by atoms with E-state index in [1.165, 1.54) is 0 Å². The molecule has 2 aliphatic heterocycles. The Morgan fingerprint density at radius 1 is 1.52 bits per heavy atom. The lowest BCUT2D eigenvalue weighted by Gasteiger charge is -2.27. The molecule has 11 nitrogen and oxygen atoms in total. The topological polar surface area (TPSA) is 149 Å². The first-order valence-electron chi connectivity index (χ1n) is 6.47. The molecule has 0 bridgehead atoms. The Morgan fingerprint density at radius 2 is 2.30 bits per heavy atom. The SMILES string of the molecule is O=c1[nH]c(F)nc2c1ncn2[C@@H]1O[C@@H]2COP(=O)(O)O[C@H]2[C@H]1O. The van der Waals surface area contributed by atoms with Crippen molar-refractivity contribution in [2.24, 2.45) is 0 Å². The Bertz CT molecular complexity index is 884. The molecule has 1 unspecified atom stereocenters. The van der Waals surface area contributed by atoms with E-state index in [-0.39, 0.29) is 17.8 Å². The number of imidazole rings is 1. The minimum atomic E-state index is -4.26. The van der Waals surface area contributed by atoms with Crippen LogP contribution in [0.25, 0.3) is 11.2 Å². The highest BCUT2D eigenvalue weighted by molar-refractivity contribution is 7.47. The third-order valence-electron chi connectivity index (χ3n) is 3.64. The number of rotatable bonds is 1. The first-order valence-corrected chi connectivity index (χ1v) is 7.97.